The number of rotatable bonds is 4. The van der Waals surface area contributed by atoms with Crippen molar-refractivity contribution in [3.8, 4) is 11.4 Å². The van der Waals surface area contributed by atoms with Gasteiger partial charge in [0.2, 0.25) is 17.6 Å². The fourth-order valence-electron chi connectivity index (χ4n) is 2.90. The molecular formula is C17H20FN3O2. The lowest BCUT2D eigenvalue weighted by molar-refractivity contribution is -0.132. The van der Waals surface area contributed by atoms with Crippen molar-refractivity contribution in [2.75, 3.05) is 13.1 Å². The molecule has 0 radical (unpaired) electrons. The first-order chi connectivity index (χ1) is 11.1. The Kier molecular flexibility index (Phi) is 4.69. The minimum Gasteiger partial charge on any atom is -0.342 e. The van der Waals surface area contributed by atoms with Gasteiger partial charge in [0.05, 0.1) is 5.56 Å². The van der Waals surface area contributed by atoms with Crippen molar-refractivity contribution >= 4 is 5.91 Å². The molecule has 122 valence electrons. The predicted molar refractivity (Wildman–Crippen MR) is 83.0 cm³/mol. The molecular weight excluding hydrogens is 297 g/mol. The molecule has 3 rings (SSSR count). The van der Waals surface area contributed by atoms with Crippen LogP contribution in [0, 0.1) is 11.7 Å². The maximum Gasteiger partial charge on any atom is 0.227 e. The predicted octanol–water partition coefficient (Wildman–Crippen LogP) is 3.07. The average Bonchev–Trinajstić information content (AvgIpc) is 3.02. The molecule has 0 bridgehead atoms. The van der Waals surface area contributed by atoms with E-state index in [9.17, 15) is 9.18 Å². The van der Waals surface area contributed by atoms with E-state index in [1.54, 1.807) is 18.2 Å². The Hall–Kier alpha value is -2.24. The number of aromatic nitrogens is 2. The lowest BCUT2D eigenvalue weighted by atomic mass is 10.00. The zero-order valence-corrected chi connectivity index (χ0v) is 13.2. The first kappa shape index (κ1) is 15.6. The normalized spacial score (nSPS) is 18.2. The van der Waals surface area contributed by atoms with Crippen LogP contribution in [0.15, 0.2) is 28.8 Å². The molecule has 0 spiro atoms. The maximum atomic E-state index is 13.7. The third-order valence-electron chi connectivity index (χ3n) is 4.15. The Labute approximate surface area is 134 Å². The van der Waals surface area contributed by atoms with E-state index in [4.69, 9.17) is 4.52 Å². The molecule has 2 heterocycles. The quantitative estimate of drug-likeness (QED) is 0.869. The van der Waals surface area contributed by atoms with Gasteiger partial charge in [-0.15, -0.1) is 0 Å². The first-order valence-corrected chi connectivity index (χ1v) is 7.98. The summed E-state index contributed by atoms with van der Waals surface area (Å²) >= 11 is 0. The van der Waals surface area contributed by atoms with Crippen LogP contribution in [0.2, 0.25) is 0 Å². The number of hydrogen-bond acceptors (Lipinski definition) is 4. The van der Waals surface area contributed by atoms with E-state index < -0.39 is 5.82 Å². The van der Waals surface area contributed by atoms with E-state index in [1.807, 2.05) is 4.90 Å². The Morgan fingerprint density at radius 2 is 2.26 bits per heavy atom. The summed E-state index contributed by atoms with van der Waals surface area (Å²) in [4.78, 5) is 18.3. The van der Waals surface area contributed by atoms with Gasteiger partial charge in [-0.25, -0.2) is 4.39 Å². The zero-order chi connectivity index (χ0) is 16.2. The molecule has 1 aliphatic heterocycles. The molecule has 2 aromatic rings. The van der Waals surface area contributed by atoms with Crippen LogP contribution in [0.25, 0.3) is 11.4 Å². The van der Waals surface area contributed by atoms with Crippen LogP contribution in [-0.4, -0.2) is 34.0 Å². The highest BCUT2D eigenvalue weighted by molar-refractivity contribution is 5.76. The summed E-state index contributed by atoms with van der Waals surface area (Å²) in [5.41, 5.74) is 0.304. The number of carbonyl (C=O) groups is 1. The second-order valence-corrected chi connectivity index (χ2v) is 6.08. The summed E-state index contributed by atoms with van der Waals surface area (Å²) in [7, 11) is 0. The number of piperidine rings is 1. The number of nitrogens with zero attached hydrogens (tertiary/aromatic N) is 3. The molecule has 0 N–H and O–H groups in total. The second kappa shape index (κ2) is 6.89. The SMILES string of the molecule is CC1CCCN(C(=O)CCc2nc(-c3ccccc3F)no2)C1. The minimum absolute atomic E-state index is 0.113. The highest BCUT2D eigenvalue weighted by Gasteiger charge is 2.21. The van der Waals surface area contributed by atoms with Gasteiger partial charge in [-0.1, -0.05) is 24.2 Å². The van der Waals surface area contributed by atoms with Crippen LogP contribution in [0.3, 0.4) is 0 Å². The molecule has 6 heteroatoms. The van der Waals surface area contributed by atoms with Crippen LogP contribution < -0.4 is 0 Å². The summed E-state index contributed by atoms with van der Waals surface area (Å²) in [6.45, 7) is 3.81. The summed E-state index contributed by atoms with van der Waals surface area (Å²) < 4.78 is 18.8. The molecule has 0 saturated carbocycles. The number of amides is 1. The van der Waals surface area contributed by atoms with Crippen LogP contribution in [0.5, 0.6) is 0 Å². The third kappa shape index (κ3) is 3.75. The van der Waals surface area contributed by atoms with Gasteiger partial charge in [0.1, 0.15) is 5.82 Å². The first-order valence-electron chi connectivity index (χ1n) is 7.98. The number of benzene rings is 1. The van der Waals surface area contributed by atoms with Gasteiger partial charge >= 0.3 is 0 Å². The second-order valence-electron chi connectivity index (χ2n) is 6.08. The highest BCUT2D eigenvalue weighted by atomic mass is 19.1. The Morgan fingerprint density at radius 3 is 3.04 bits per heavy atom. The van der Waals surface area contributed by atoms with Gasteiger partial charge in [-0.05, 0) is 30.9 Å². The van der Waals surface area contributed by atoms with Crippen molar-refractivity contribution in [1.82, 2.24) is 15.0 Å². The van der Waals surface area contributed by atoms with Crippen molar-refractivity contribution in [2.24, 2.45) is 5.92 Å². The van der Waals surface area contributed by atoms with Crippen molar-refractivity contribution in [1.29, 1.82) is 0 Å². The van der Waals surface area contributed by atoms with Crippen LogP contribution in [0.1, 0.15) is 32.1 Å². The average molecular weight is 317 g/mol. The molecule has 1 fully saturated rings. The van der Waals surface area contributed by atoms with Crippen molar-refractivity contribution < 1.29 is 13.7 Å². The summed E-state index contributed by atoms with van der Waals surface area (Å²) in [5.74, 6) is 0.864. The fourth-order valence-corrected chi connectivity index (χ4v) is 2.90. The lowest BCUT2D eigenvalue weighted by Gasteiger charge is -2.30. The number of halogens is 1. The Balaban J connectivity index is 1.59. The van der Waals surface area contributed by atoms with Crippen molar-refractivity contribution in [2.45, 2.75) is 32.6 Å². The van der Waals surface area contributed by atoms with E-state index in [1.165, 1.54) is 12.5 Å². The summed E-state index contributed by atoms with van der Waals surface area (Å²) in [6.07, 6.45) is 2.96. The number of aryl methyl sites for hydroxylation is 1. The molecule has 5 nitrogen and oxygen atoms in total. The smallest absolute Gasteiger partial charge is 0.227 e. The van der Waals surface area contributed by atoms with Crippen LogP contribution >= 0.6 is 0 Å². The molecule has 23 heavy (non-hydrogen) atoms. The maximum absolute atomic E-state index is 13.7. The Morgan fingerprint density at radius 1 is 1.43 bits per heavy atom. The highest BCUT2D eigenvalue weighted by Crippen LogP contribution is 2.20. The van der Waals surface area contributed by atoms with E-state index in [2.05, 4.69) is 17.1 Å². The topological polar surface area (TPSA) is 59.2 Å². The largest absolute Gasteiger partial charge is 0.342 e. The van der Waals surface area contributed by atoms with Gasteiger partial charge in [0, 0.05) is 25.9 Å². The zero-order valence-electron chi connectivity index (χ0n) is 13.2. The summed E-state index contributed by atoms with van der Waals surface area (Å²) in [5, 5.41) is 3.80. The standard InChI is InChI=1S/C17H20FN3O2/c1-12-5-4-10-21(11-12)16(22)9-8-15-19-17(20-23-15)13-6-2-3-7-14(13)18/h2-3,6-7,12H,4-5,8-11H2,1H3. The number of likely N-dealkylation sites (tertiary alicyclic amines) is 1. The van der Waals surface area contributed by atoms with E-state index in [0.717, 1.165) is 19.5 Å². The molecule has 1 saturated heterocycles. The van der Waals surface area contributed by atoms with E-state index >= 15 is 0 Å². The van der Waals surface area contributed by atoms with Gasteiger partial charge < -0.3 is 9.42 Å². The van der Waals surface area contributed by atoms with Crippen LogP contribution in [-0.2, 0) is 11.2 Å². The molecule has 0 aliphatic carbocycles. The molecule has 1 aromatic heterocycles. The monoisotopic (exact) mass is 317 g/mol. The van der Waals surface area contributed by atoms with Gasteiger partial charge in [-0.2, -0.15) is 4.98 Å². The third-order valence-corrected chi connectivity index (χ3v) is 4.15. The molecule has 1 amide bonds. The minimum atomic E-state index is -0.391. The number of carbonyl (C=O) groups excluding carboxylic acids is 1. The molecule has 1 unspecified atom stereocenters. The molecule has 1 atom stereocenters. The fraction of sp³-hybridized carbons (Fsp3) is 0.471. The van der Waals surface area contributed by atoms with Gasteiger partial charge in [0.15, 0.2) is 0 Å². The summed E-state index contributed by atoms with van der Waals surface area (Å²) in [6, 6.07) is 6.28. The van der Waals surface area contributed by atoms with E-state index in [-0.39, 0.29) is 11.7 Å². The molecule has 1 aliphatic rings. The Bertz CT molecular complexity index is 686. The van der Waals surface area contributed by atoms with Gasteiger partial charge in [-0.3, -0.25) is 4.79 Å². The number of hydrogen-bond donors (Lipinski definition) is 0. The lowest BCUT2D eigenvalue weighted by Crippen LogP contribution is -2.39. The van der Waals surface area contributed by atoms with Crippen molar-refractivity contribution in [3.63, 3.8) is 0 Å². The van der Waals surface area contributed by atoms with E-state index in [0.29, 0.717) is 30.2 Å². The van der Waals surface area contributed by atoms with Gasteiger partial charge in [0.25, 0.3) is 0 Å². The van der Waals surface area contributed by atoms with Crippen molar-refractivity contribution in [3.05, 3.63) is 36.0 Å². The van der Waals surface area contributed by atoms with Crippen LogP contribution in [0.4, 0.5) is 4.39 Å². The molecule has 1 aromatic carbocycles.